The molecule has 2 unspecified atom stereocenters. The van der Waals surface area contributed by atoms with Crippen LogP contribution >= 0.6 is 0 Å². The lowest BCUT2D eigenvalue weighted by Crippen LogP contribution is -2.41. The number of allylic oxidation sites excluding steroid dienone is 3. The van der Waals surface area contributed by atoms with Gasteiger partial charge >= 0.3 is 5.97 Å². The molecule has 0 amide bonds. The number of fused-ring (bicyclic) bond motifs is 1. The number of carbonyl (C=O) groups is 2. The van der Waals surface area contributed by atoms with Crippen molar-refractivity contribution < 1.29 is 19.1 Å². The highest BCUT2D eigenvalue weighted by molar-refractivity contribution is 5.96. The molecule has 2 aliphatic rings. The van der Waals surface area contributed by atoms with Crippen molar-refractivity contribution in [1.29, 1.82) is 0 Å². The van der Waals surface area contributed by atoms with Gasteiger partial charge in [-0.15, -0.1) is 0 Å². The van der Waals surface area contributed by atoms with Crippen LogP contribution in [-0.2, 0) is 14.3 Å². The zero-order chi connectivity index (χ0) is 18.7. The zero-order valence-corrected chi connectivity index (χ0v) is 15.5. The summed E-state index contributed by atoms with van der Waals surface area (Å²) >= 11 is 0. The molecule has 3 rings (SSSR count). The minimum Gasteiger partial charge on any atom is -0.494 e. The lowest BCUT2D eigenvalue weighted by atomic mass is 9.71. The van der Waals surface area contributed by atoms with Crippen molar-refractivity contribution >= 4 is 11.8 Å². The lowest BCUT2D eigenvalue weighted by Gasteiger charge is -2.38. The fourth-order valence-electron chi connectivity index (χ4n) is 3.85. The van der Waals surface area contributed by atoms with Gasteiger partial charge in [-0.1, -0.05) is 24.3 Å². The molecule has 0 saturated heterocycles. The van der Waals surface area contributed by atoms with Crippen LogP contribution in [0.25, 0.3) is 0 Å². The molecular formula is C21H25NO4. The van der Waals surface area contributed by atoms with E-state index in [0.717, 1.165) is 23.4 Å². The summed E-state index contributed by atoms with van der Waals surface area (Å²) in [4.78, 5) is 25.6. The number of esters is 1. The van der Waals surface area contributed by atoms with E-state index < -0.39 is 11.8 Å². The summed E-state index contributed by atoms with van der Waals surface area (Å²) in [6.45, 7) is 6.37. The van der Waals surface area contributed by atoms with Gasteiger partial charge in [-0.2, -0.15) is 0 Å². The van der Waals surface area contributed by atoms with Gasteiger partial charge in [0.1, 0.15) is 11.5 Å². The third-order valence-electron chi connectivity index (χ3n) is 4.87. The van der Waals surface area contributed by atoms with Crippen LogP contribution in [-0.4, -0.2) is 25.0 Å². The van der Waals surface area contributed by atoms with Gasteiger partial charge in [-0.3, -0.25) is 4.79 Å². The van der Waals surface area contributed by atoms with E-state index >= 15 is 0 Å². The summed E-state index contributed by atoms with van der Waals surface area (Å²) in [7, 11) is 0. The van der Waals surface area contributed by atoms with Crippen LogP contribution in [0.5, 0.6) is 5.75 Å². The molecule has 5 nitrogen and oxygen atoms in total. The van der Waals surface area contributed by atoms with Gasteiger partial charge in [-0.25, -0.2) is 4.79 Å². The number of hydrogen-bond acceptors (Lipinski definition) is 5. The number of ketones is 1. The molecule has 1 aromatic carbocycles. The number of carbonyl (C=O) groups excluding carboxylic acids is 2. The summed E-state index contributed by atoms with van der Waals surface area (Å²) in [5.74, 6) is -0.355. The first kappa shape index (κ1) is 18.2. The largest absolute Gasteiger partial charge is 0.494 e. The van der Waals surface area contributed by atoms with Crippen molar-refractivity contribution in [2.45, 2.75) is 39.5 Å². The molecule has 2 atom stereocenters. The lowest BCUT2D eigenvalue weighted by molar-refractivity contribution is -0.139. The Morgan fingerprint density at radius 1 is 1.19 bits per heavy atom. The third-order valence-corrected chi connectivity index (χ3v) is 4.87. The highest BCUT2D eigenvalue weighted by atomic mass is 16.5. The Hall–Kier alpha value is -2.56. The smallest absolute Gasteiger partial charge is 0.336 e. The molecule has 26 heavy (non-hydrogen) atoms. The molecule has 5 heteroatoms. The van der Waals surface area contributed by atoms with Crippen LogP contribution < -0.4 is 10.1 Å². The molecule has 1 aromatic rings. The molecule has 0 radical (unpaired) electrons. The Kier molecular flexibility index (Phi) is 5.45. The average Bonchev–Trinajstić information content (AvgIpc) is 2.62. The highest BCUT2D eigenvalue weighted by Gasteiger charge is 2.44. The number of ether oxygens (including phenoxy) is 2. The van der Waals surface area contributed by atoms with Crippen molar-refractivity contribution in [3.8, 4) is 5.75 Å². The molecule has 0 fully saturated rings. The van der Waals surface area contributed by atoms with Crippen molar-refractivity contribution in [2.75, 3.05) is 13.2 Å². The van der Waals surface area contributed by atoms with E-state index in [1.54, 1.807) is 6.92 Å². The van der Waals surface area contributed by atoms with Gasteiger partial charge in [0.15, 0.2) is 0 Å². The van der Waals surface area contributed by atoms with E-state index in [9.17, 15) is 9.59 Å². The minimum absolute atomic E-state index is 0.139. The van der Waals surface area contributed by atoms with Gasteiger partial charge in [0.2, 0.25) is 0 Å². The minimum atomic E-state index is -0.409. The van der Waals surface area contributed by atoms with Gasteiger partial charge in [0.05, 0.1) is 24.7 Å². The van der Waals surface area contributed by atoms with Crippen molar-refractivity contribution in [2.24, 2.45) is 5.92 Å². The van der Waals surface area contributed by atoms with Crippen molar-refractivity contribution in [3.05, 3.63) is 52.9 Å². The maximum absolute atomic E-state index is 12.8. The van der Waals surface area contributed by atoms with Crippen LogP contribution in [0, 0.1) is 5.92 Å². The Morgan fingerprint density at radius 2 is 1.96 bits per heavy atom. The maximum atomic E-state index is 12.8. The van der Waals surface area contributed by atoms with Crippen LogP contribution in [0.15, 0.2) is 47.3 Å². The number of benzene rings is 1. The Morgan fingerprint density at radius 3 is 2.69 bits per heavy atom. The molecule has 0 aromatic heterocycles. The second-order valence-electron chi connectivity index (χ2n) is 6.47. The monoisotopic (exact) mass is 355 g/mol. The summed E-state index contributed by atoms with van der Waals surface area (Å²) in [5, 5.41) is 3.27. The van der Waals surface area contributed by atoms with Crippen LogP contribution in [0.1, 0.15) is 45.1 Å². The van der Waals surface area contributed by atoms with E-state index in [4.69, 9.17) is 9.47 Å². The first-order valence-corrected chi connectivity index (χ1v) is 9.17. The van der Waals surface area contributed by atoms with E-state index in [2.05, 4.69) is 11.4 Å². The van der Waals surface area contributed by atoms with E-state index in [0.29, 0.717) is 24.4 Å². The van der Waals surface area contributed by atoms with Gasteiger partial charge in [0.25, 0.3) is 0 Å². The predicted molar refractivity (Wildman–Crippen MR) is 98.6 cm³/mol. The van der Waals surface area contributed by atoms with Gasteiger partial charge in [-0.05, 0) is 33.3 Å². The Bertz CT molecular complexity index is 778. The Labute approximate surface area is 154 Å². The predicted octanol–water partition coefficient (Wildman–Crippen LogP) is 3.47. The summed E-state index contributed by atoms with van der Waals surface area (Å²) < 4.78 is 11.1. The quantitative estimate of drug-likeness (QED) is 0.820. The average molecular weight is 355 g/mol. The molecule has 1 aliphatic heterocycles. The summed E-state index contributed by atoms with van der Waals surface area (Å²) in [6.07, 6.45) is 3.27. The van der Waals surface area contributed by atoms with E-state index in [1.165, 1.54) is 0 Å². The summed E-state index contributed by atoms with van der Waals surface area (Å²) in [5.41, 5.74) is 2.97. The fraction of sp³-hybridized carbons (Fsp3) is 0.429. The fourth-order valence-corrected chi connectivity index (χ4v) is 3.85. The second kappa shape index (κ2) is 7.77. The SMILES string of the molecule is CCOC(=O)C1=C(C)NC2=CCCC(=O)C2C1c1ccccc1OCC. The first-order chi connectivity index (χ1) is 12.6. The first-order valence-electron chi connectivity index (χ1n) is 9.17. The number of hydrogen-bond donors (Lipinski definition) is 1. The molecule has 1 heterocycles. The second-order valence-corrected chi connectivity index (χ2v) is 6.47. The van der Waals surface area contributed by atoms with Gasteiger partial charge < -0.3 is 14.8 Å². The number of nitrogens with one attached hydrogen (secondary N) is 1. The third kappa shape index (κ3) is 3.26. The molecule has 138 valence electrons. The standard InChI is InChI=1S/C21H25NO4/c1-4-25-17-12-7-6-9-14(17)19-18(21(24)26-5-2)13(3)22-15-10-8-11-16(23)20(15)19/h6-7,9-10,12,19-20,22H,4-5,8,11H2,1-3H3. The molecular weight excluding hydrogens is 330 g/mol. The van der Waals surface area contributed by atoms with E-state index in [-0.39, 0.29) is 18.4 Å². The highest BCUT2D eigenvalue weighted by Crippen LogP contribution is 2.46. The number of rotatable bonds is 5. The van der Waals surface area contributed by atoms with Crippen molar-refractivity contribution in [3.63, 3.8) is 0 Å². The molecule has 1 aliphatic carbocycles. The molecule has 0 bridgehead atoms. The van der Waals surface area contributed by atoms with Crippen LogP contribution in [0.2, 0.25) is 0 Å². The summed E-state index contributed by atoms with van der Waals surface area (Å²) in [6, 6.07) is 7.63. The van der Waals surface area contributed by atoms with Crippen LogP contribution in [0.4, 0.5) is 0 Å². The number of para-hydroxylation sites is 1. The normalized spacial score (nSPS) is 22.3. The zero-order valence-electron chi connectivity index (χ0n) is 15.5. The van der Waals surface area contributed by atoms with E-state index in [1.807, 2.05) is 38.1 Å². The molecule has 1 N–H and O–H groups in total. The van der Waals surface area contributed by atoms with Crippen LogP contribution in [0.3, 0.4) is 0 Å². The number of Topliss-reactive ketones (excluding diaryl/α,β-unsaturated/α-hetero) is 1. The Balaban J connectivity index is 2.19. The topological polar surface area (TPSA) is 64.6 Å². The van der Waals surface area contributed by atoms with Gasteiger partial charge in [0, 0.05) is 29.3 Å². The molecule has 0 saturated carbocycles. The van der Waals surface area contributed by atoms with Crippen molar-refractivity contribution in [1.82, 2.24) is 5.32 Å². The maximum Gasteiger partial charge on any atom is 0.336 e. The molecule has 0 spiro atoms.